The lowest BCUT2D eigenvalue weighted by molar-refractivity contribution is -0.108. The average molecular weight is 262 g/mol. The Morgan fingerprint density at radius 2 is 1.69 bits per heavy atom. The van der Waals surface area contributed by atoms with E-state index in [0.717, 1.165) is 0 Å². The normalized spacial score (nSPS) is 11.3. The quantitative estimate of drug-likeness (QED) is 0.829. The minimum Gasteiger partial charge on any atom is -0.505 e. The third-order valence-corrected chi connectivity index (χ3v) is 2.68. The summed E-state index contributed by atoms with van der Waals surface area (Å²) in [6, 6.07) is 3.00. The number of carbonyl (C=O) groups excluding carboxylic acids is 1. The summed E-state index contributed by atoms with van der Waals surface area (Å²) < 4.78 is 0. The second kappa shape index (κ2) is 4.52. The minimum atomic E-state index is -0.384. The van der Waals surface area contributed by atoms with Crippen LogP contribution in [0.25, 0.3) is 0 Å². The van der Waals surface area contributed by atoms with Crippen molar-refractivity contribution in [1.29, 1.82) is 0 Å². The van der Waals surface area contributed by atoms with E-state index in [1.807, 2.05) is 20.8 Å². The molecule has 0 fully saturated rings. The summed E-state index contributed by atoms with van der Waals surface area (Å²) in [4.78, 5) is 12.5. The van der Waals surface area contributed by atoms with E-state index in [4.69, 9.17) is 23.2 Å². The summed E-state index contributed by atoms with van der Waals surface area (Å²) in [6.07, 6.45) is 0.707. The Hall–Kier alpha value is -0.930. The van der Waals surface area contributed by atoms with Gasteiger partial charge in [0.1, 0.15) is 0 Å². The van der Waals surface area contributed by atoms with Crippen LogP contribution in [0.3, 0.4) is 0 Å². The fraction of sp³-hybridized carbons (Fsp3) is 0.364. The van der Waals surface area contributed by atoms with Gasteiger partial charge in [-0.15, -0.1) is 0 Å². The van der Waals surface area contributed by atoms with Gasteiger partial charge in [0, 0.05) is 11.2 Å². The van der Waals surface area contributed by atoms with Crippen molar-refractivity contribution >= 4 is 35.3 Å². The number of hydrogen-bond acceptors (Lipinski definition) is 2. The van der Waals surface area contributed by atoms with Gasteiger partial charge in [0.15, 0.2) is 5.75 Å². The van der Waals surface area contributed by atoms with Crippen molar-refractivity contribution in [2.75, 3.05) is 4.90 Å². The zero-order valence-electron chi connectivity index (χ0n) is 9.29. The molecule has 1 aromatic carbocycles. The summed E-state index contributed by atoms with van der Waals surface area (Å²) in [5, 5.41) is 9.66. The first-order valence-corrected chi connectivity index (χ1v) is 5.45. The lowest BCUT2D eigenvalue weighted by Crippen LogP contribution is -2.40. The fourth-order valence-electron chi connectivity index (χ4n) is 1.30. The van der Waals surface area contributed by atoms with Gasteiger partial charge in [-0.2, -0.15) is 0 Å². The molecule has 0 aliphatic carbocycles. The highest BCUT2D eigenvalue weighted by Gasteiger charge is 2.22. The fourth-order valence-corrected chi connectivity index (χ4v) is 1.77. The van der Waals surface area contributed by atoms with E-state index < -0.39 is 0 Å². The van der Waals surface area contributed by atoms with Crippen molar-refractivity contribution in [3.63, 3.8) is 0 Å². The molecule has 1 rings (SSSR count). The van der Waals surface area contributed by atoms with Crippen molar-refractivity contribution in [3.05, 3.63) is 22.2 Å². The summed E-state index contributed by atoms with van der Waals surface area (Å²) in [7, 11) is 0. The summed E-state index contributed by atoms with van der Waals surface area (Å²) in [5.41, 5.74) is 0.168. The second-order valence-electron chi connectivity index (χ2n) is 4.40. The van der Waals surface area contributed by atoms with Crippen molar-refractivity contribution in [2.45, 2.75) is 26.3 Å². The van der Waals surface area contributed by atoms with E-state index in [-0.39, 0.29) is 21.3 Å². The molecule has 0 aromatic heterocycles. The number of anilines is 1. The van der Waals surface area contributed by atoms with Crippen LogP contribution in [0.4, 0.5) is 5.69 Å². The maximum Gasteiger partial charge on any atom is 0.214 e. The standard InChI is InChI=1S/C11H13Cl2NO2/c1-11(2,3)14(6-15)7-4-8(12)10(16)9(13)5-7/h4-6,16H,1-3H3. The van der Waals surface area contributed by atoms with Crippen LogP contribution < -0.4 is 4.90 Å². The molecule has 1 amide bonds. The van der Waals surface area contributed by atoms with Crippen molar-refractivity contribution in [3.8, 4) is 5.75 Å². The molecule has 5 heteroatoms. The van der Waals surface area contributed by atoms with Crippen LogP contribution in [-0.4, -0.2) is 17.1 Å². The molecule has 0 aliphatic heterocycles. The van der Waals surface area contributed by atoms with Gasteiger partial charge in [-0.3, -0.25) is 4.79 Å². The number of amides is 1. The largest absolute Gasteiger partial charge is 0.505 e. The summed E-state index contributed by atoms with van der Waals surface area (Å²) in [5.74, 6) is -0.174. The zero-order chi connectivity index (χ0) is 12.5. The number of phenols is 1. The lowest BCUT2D eigenvalue weighted by atomic mass is 10.1. The van der Waals surface area contributed by atoms with Crippen molar-refractivity contribution in [2.24, 2.45) is 0 Å². The monoisotopic (exact) mass is 261 g/mol. The highest BCUT2D eigenvalue weighted by atomic mass is 35.5. The molecule has 88 valence electrons. The van der Waals surface area contributed by atoms with Crippen LogP contribution in [0.15, 0.2) is 12.1 Å². The Morgan fingerprint density at radius 1 is 1.25 bits per heavy atom. The number of rotatable bonds is 2. The number of carbonyl (C=O) groups is 1. The number of phenolic OH excluding ortho intramolecular Hbond substituents is 1. The third-order valence-electron chi connectivity index (χ3n) is 2.11. The van der Waals surface area contributed by atoms with Gasteiger partial charge in [-0.05, 0) is 32.9 Å². The molecular weight excluding hydrogens is 249 g/mol. The number of nitrogens with zero attached hydrogens (tertiary/aromatic N) is 1. The number of aromatic hydroxyl groups is 1. The number of halogens is 2. The Balaban J connectivity index is 3.28. The number of hydrogen-bond donors (Lipinski definition) is 1. The molecule has 16 heavy (non-hydrogen) atoms. The molecule has 0 radical (unpaired) electrons. The van der Waals surface area contributed by atoms with Gasteiger partial charge >= 0.3 is 0 Å². The highest BCUT2D eigenvalue weighted by molar-refractivity contribution is 6.37. The Bertz CT molecular complexity index is 390. The van der Waals surface area contributed by atoms with Gasteiger partial charge < -0.3 is 10.0 Å². The maximum atomic E-state index is 11.0. The molecule has 3 nitrogen and oxygen atoms in total. The zero-order valence-corrected chi connectivity index (χ0v) is 10.8. The molecule has 0 saturated carbocycles. The molecule has 0 atom stereocenters. The molecule has 0 aliphatic rings. The number of benzene rings is 1. The minimum absolute atomic E-state index is 0.124. The van der Waals surface area contributed by atoms with Crippen molar-refractivity contribution in [1.82, 2.24) is 0 Å². The molecule has 0 unspecified atom stereocenters. The molecule has 0 saturated heterocycles. The average Bonchev–Trinajstić information content (AvgIpc) is 2.12. The predicted molar refractivity (Wildman–Crippen MR) is 66.4 cm³/mol. The Labute approximate surface area is 105 Å². The van der Waals surface area contributed by atoms with E-state index in [1.54, 1.807) is 0 Å². The van der Waals surface area contributed by atoms with Gasteiger partial charge in [0.25, 0.3) is 0 Å². The van der Waals surface area contributed by atoms with Gasteiger partial charge in [-0.1, -0.05) is 23.2 Å². The van der Waals surface area contributed by atoms with Crippen LogP contribution in [0.1, 0.15) is 20.8 Å². The van der Waals surface area contributed by atoms with E-state index >= 15 is 0 Å². The van der Waals surface area contributed by atoms with Crippen LogP contribution in [-0.2, 0) is 4.79 Å². The first-order valence-electron chi connectivity index (χ1n) is 4.70. The first kappa shape index (κ1) is 13.1. The predicted octanol–water partition coefficient (Wildman–Crippen LogP) is 3.46. The SMILES string of the molecule is CC(C)(C)N(C=O)c1cc(Cl)c(O)c(Cl)c1. The summed E-state index contributed by atoms with van der Waals surface area (Å²) >= 11 is 11.6. The topological polar surface area (TPSA) is 40.5 Å². The Kier molecular flexibility index (Phi) is 3.71. The van der Waals surface area contributed by atoms with E-state index in [9.17, 15) is 9.90 Å². The van der Waals surface area contributed by atoms with Gasteiger partial charge in [0.05, 0.1) is 10.0 Å². The Morgan fingerprint density at radius 3 is 2.00 bits per heavy atom. The van der Waals surface area contributed by atoms with Crippen molar-refractivity contribution < 1.29 is 9.90 Å². The second-order valence-corrected chi connectivity index (χ2v) is 5.22. The van der Waals surface area contributed by atoms with Crippen LogP contribution in [0, 0.1) is 0 Å². The first-order chi connectivity index (χ1) is 7.27. The van der Waals surface area contributed by atoms with Crippen LogP contribution >= 0.6 is 23.2 Å². The van der Waals surface area contributed by atoms with E-state index in [0.29, 0.717) is 12.1 Å². The maximum absolute atomic E-state index is 11.0. The lowest BCUT2D eigenvalue weighted by Gasteiger charge is -2.32. The van der Waals surface area contributed by atoms with Crippen LogP contribution in [0.5, 0.6) is 5.75 Å². The smallest absolute Gasteiger partial charge is 0.214 e. The van der Waals surface area contributed by atoms with Gasteiger partial charge in [-0.25, -0.2) is 0 Å². The molecule has 0 heterocycles. The van der Waals surface area contributed by atoms with Crippen LogP contribution in [0.2, 0.25) is 10.0 Å². The molecular formula is C11H13Cl2NO2. The van der Waals surface area contributed by atoms with Gasteiger partial charge in [0.2, 0.25) is 6.41 Å². The highest BCUT2D eigenvalue weighted by Crippen LogP contribution is 2.37. The molecule has 1 aromatic rings. The van der Waals surface area contributed by atoms with E-state index in [1.165, 1.54) is 17.0 Å². The molecule has 1 N–H and O–H groups in total. The third kappa shape index (κ3) is 2.60. The summed E-state index contributed by atoms with van der Waals surface area (Å²) in [6.45, 7) is 5.65. The van der Waals surface area contributed by atoms with E-state index in [2.05, 4.69) is 0 Å². The molecule has 0 spiro atoms. The molecule has 0 bridgehead atoms.